The molecule has 2 fully saturated rings. The number of rotatable bonds is 1. The van der Waals surface area contributed by atoms with Crippen LogP contribution >= 0.6 is 35.6 Å². The van der Waals surface area contributed by atoms with Crippen LogP contribution in [0.5, 0.6) is 0 Å². The Morgan fingerprint density at radius 3 is 2.44 bits per heavy atom. The summed E-state index contributed by atoms with van der Waals surface area (Å²) in [6.07, 6.45) is 3.64. The summed E-state index contributed by atoms with van der Waals surface area (Å²) in [6.45, 7) is 0. The summed E-state index contributed by atoms with van der Waals surface area (Å²) in [5, 5.41) is 1.27. The molecule has 0 amide bonds. The zero-order valence-corrected chi connectivity index (χ0v) is 11.1. The van der Waals surface area contributed by atoms with E-state index in [0.717, 1.165) is 12.3 Å². The van der Waals surface area contributed by atoms with Gasteiger partial charge in [-0.3, -0.25) is 0 Å². The second kappa shape index (κ2) is 4.06. The molecule has 2 aliphatic carbocycles. The van der Waals surface area contributed by atoms with Crippen LogP contribution in [0.4, 0.5) is 0 Å². The van der Waals surface area contributed by atoms with Crippen LogP contribution in [-0.2, 0) is 5.41 Å². The third-order valence-electron chi connectivity index (χ3n) is 4.10. The molecule has 1 aromatic carbocycles. The molecule has 2 saturated carbocycles. The molecule has 3 atom stereocenters. The van der Waals surface area contributed by atoms with Crippen molar-refractivity contribution < 1.29 is 0 Å². The SMILES string of the molecule is Cl.NC1CCC2CC12c1ccc(Cl)c(Cl)c1. The molecule has 0 aliphatic heterocycles. The molecular weight excluding hydrogens is 264 g/mol. The smallest absolute Gasteiger partial charge is 0.0595 e. The van der Waals surface area contributed by atoms with E-state index in [4.69, 9.17) is 28.9 Å². The van der Waals surface area contributed by atoms with Gasteiger partial charge in [-0.05, 0) is 42.9 Å². The van der Waals surface area contributed by atoms with Crippen molar-refractivity contribution in [2.45, 2.75) is 30.7 Å². The van der Waals surface area contributed by atoms with Crippen LogP contribution in [0.1, 0.15) is 24.8 Å². The van der Waals surface area contributed by atoms with Crippen LogP contribution < -0.4 is 5.73 Å². The highest BCUT2D eigenvalue weighted by Crippen LogP contribution is 2.63. The number of halogens is 3. The number of hydrogen-bond acceptors (Lipinski definition) is 1. The predicted octanol–water partition coefficient (Wildman–Crippen LogP) is 3.79. The van der Waals surface area contributed by atoms with Gasteiger partial charge < -0.3 is 5.73 Å². The molecular formula is C12H14Cl3N. The van der Waals surface area contributed by atoms with Gasteiger partial charge in [-0.1, -0.05) is 29.3 Å². The van der Waals surface area contributed by atoms with E-state index >= 15 is 0 Å². The maximum atomic E-state index is 6.20. The summed E-state index contributed by atoms with van der Waals surface area (Å²) >= 11 is 12.0. The maximum absolute atomic E-state index is 6.20. The highest BCUT2D eigenvalue weighted by Gasteiger charge is 2.62. The summed E-state index contributed by atoms with van der Waals surface area (Å²) in [5.41, 5.74) is 7.71. The third kappa shape index (κ3) is 1.57. The van der Waals surface area contributed by atoms with Crippen molar-refractivity contribution in [1.82, 2.24) is 0 Å². The van der Waals surface area contributed by atoms with Crippen LogP contribution in [0.25, 0.3) is 0 Å². The summed E-state index contributed by atoms with van der Waals surface area (Å²) in [6, 6.07) is 6.27. The first kappa shape index (κ1) is 12.5. The monoisotopic (exact) mass is 277 g/mol. The highest BCUT2D eigenvalue weighted by molar-refractivity contribution is 6.42. The molecule has 0 heterocycles. The molecule has 0 saturated heterocycles. The Bertz CT molecular complexity index is 421. The van der Waals surface area contributed by atoms with Crippen molar-refractivity contribution in [3.8, 4) is 0 Å². The molecule has 3 unspecified atom stereocenters. The van der Waals surface area contributed by atoms with E-state index in [1.807, 2.05) is 12.1 Å². The lowest BCUT2D eigenvalue weighted by molar-refractivity contribution is 0.545. The minimum absolute atomic E-state index is 0. The van der Waals surface area contributed by atoms with Gasteiger partial charge in [-0.15, -0.1) is 12.4 Å². The second-order valence-electron chi connectivity index (χ2n) is 4.75. The summed E-state index contributed by atoms with van der Waals surface area (Å²) in [7, 11) is 0. The molecule has 0 bridgehead atoms. The van der Waals surface area contributed by atoms with Gasteiger partial charge in [-0.2, -0.15) is 0 Å². The van der Waals surface area contributed by atoms with Gasteiger partial charge in [0.1, 0.15) is 0 Å². The number of benzene rings is 1. The maximum Gasteiger partial charge on any atom is 0.0595 e. The molecule has 1 aromatic rings. The predicted molar refractivity (Wildman–Crippen MR) is 70.7 cm³/mol. The zero-order chi connectivity index (χ0) is 10.6. The van der Waals surface area contributed by atoms with Gasteiger partial charge in [0.05, 0.1) is 10.0 Å². The Morgan fingerprint density at radius 1 is 1.19 bits per heavy atom. The average molecular weight is 279 g/mol. The molecule has 0 radical (unpaired) electrons. The van der Waals surface area contributed by atoms with Crippen molar-refractivity contribution in [3.05, 3.63) is 33.8 Å². The Morgan fingerprint density at radius 2 is 1.94 bits per heavy atom. The normalized spacial score (nSPS) is 35.4. The van der Waals surface area contributed by atoms with Crippen molar-refractivity contribution in [1.29, 1.82) is 0 Å². The molecule has 3 rings (SSSR count). The number of fused-ring (bicyclic) bond motifs is 1. The lowest BCUT2D eigenvalue weighted by Gasteiger charge is -2.20. The Balaban J connectivity index is 0.000000963. The van der Waals surface area contributed by atoms with Gasteiger partial charge in [-0.25, -0.2) is 0 Å². The topological polar surface area (TPSA) is 26.0 Å². The van der Waals surface area contributed by atoms with Crippen molar-refractivity contribution in [3.63, 3.8) is 0 Å². The van der Waals surface area contributed by atoms with Crippen molar-refractivity contribution in [2.75, 3.05) is 0 Å². The fourth-order valence-corrected chi connectivity index (χ4v) is 3.45. The molecule has 1 nitrogen and oxygen atoms in total. The van der Waals surface area contributed by atoms with Crippen LogP contribution in [0.15, 0.2) is 18.2 Å². The third-order valence-corrected chi connectivity index (χ3v) is 4.84. The average Bonchev–Trinajstić information content (AvgIpc) is 2.87. The zero-order valence-electron chi connectivity index (χ0n) is 8.75. The number of hydrogen-bond donors (Lipinski definition) is 1. The van der Waals surface area contributed by atoms with E-state index in [0.29, 0.717) is 16.1 Å². The van der Waals surface area contributed by atoms with E-state index < -0.39 is 0 Å². The van der Waals surface area contributed by atoms with Gasteiger partial charge in [0, 0.05) is 11.5 Å². The van der Waals surface area contributed by atoms with Crippen LogP contribution in [0, 0.1) is 5.92 Å². The number of nitrogens with two attached hydrogens (primary N) is 1. The quantitative estimate of drug-likeness (QED) is 0.831. The molecule has 2 N–H and O–H groups in total. The first-order valence-electron chi connectivity index (χ1n) is 5.35. The lowest BCUT2D eigenvalue weighted by atomic mass is 9.90. The Labute approximate surface area is 112 Å². The molecule has 16 heavy (non-hydrogen) atoms. The van der Waals surface area contributed by atoms with Crippen LogP contribution in [0.3, 0.4) is 0 Å². The summed E-state index contributed by atoms with van der Waals surface area (Å²) in [4.78, 5) is 0. The lowest BCUT2D eigenvalue weighted by Crippen LogP contribution is -2.32. The molecule has 2 aliphatic rings. The first-order chi connectivity index (χ1) is 7.14. The minimum atomic E-state index is 0. The van der Waals surface area contributed by atoms with Gasteiger partial charge >= 0.3 is 0 Å². The largest absolute Gasteiger partial charge is 0.327 e. The first-order valence-corrected chi connectivity index (χ1v) is 6.11. The van der Waals surface area contributed by atoms with Crippen molar-refractivity contribution in [2.24, 2.45) is 11.7 Å². The second-order valence-corrected chi connectivity index (χ2v) is 5.57. The standard InChI is InChI=1S/C12H13Cl2N.ClH/c13-9-3-1-7(5-10(9)14)12-6-8(12)2-4-11(12)15;/h1,3,5,8,11H,2,4,6,15H2;1H. The summed E-state index contributed by atoms with van der Waals surface area (Å²) in [5.74, 6) is 0.782. The van der Waals surface area contributed by atoms with Crippen LogP contribution in [-0.4, -0.2) is 6.04 Å². The highest BCUT2D eigenvalue weighted by atomic mass is 35.5. The van der Waals surface area contributed by atoms with E-state index in [9.17, 15) is 0 Å². The van der Waals surface area contributed by atoms with Crippen molar-refractivity contribution >= 4 is 35.6 Å². The van der Waals surface area contributed by atoms with E-state index in [1.54, 1.807) is 0 Å². The van der Waals surface area contributed by atoms with Gasteiger partial charge in [0.2, 0.25) is 0 Å². The van der Waals surface area contributed by atoms with E-state index in [-0.39, 0.29) is 17.8 Å². The molecule has 0 spiro atoms. The van der Waals surface area contributed by atoms with Gasteiger partial charge in [0.15, 0.2) is 0 Å². The minimum Gasteiger partial charge on any atom is -0.327 e. The fourth-order valence-electron chi connectivity index (χ4n) is 3.15. The molecule has 88 valence electrons. The Hall–Kier alpha value is 0.0500. The Kier molecular flexibility index (Phi) is 3.17. The van der Waals surface area contributed by atoms with E-state index in [2.05, 4.69) is 6.07 Å². The van der Waals surface area contributed by atoms with Gasteiger partial charge in [0.25, 0.3) is 0 Å². The molecule has 4 heteroatoms. The summed E-state index contributed by atoms with van der Waals surface area (Å²) < 4.78 is 0. The fraction of sp³-hybridized carbons (Fsp3) is 0.500. The molecule has 0 aromatic heterocycles. The van der Waals surface area contributed by atoms with Crippen LogP contribution in [0.2, 0.25) is 10.0 Å². The van der Waals surface area contributed by atoms with E-state index in [1.165, 1.54) is 18.4 Å².